The zero-order valence-corrected chi connectivity index (χ0v) is 7.08. The van der Waals surface area contributed by atoms with Gasteiger partial charge in [-0.2, -0.15) is 0 Å². The number of aryl methyl sites for hydroxylation is 1. The molecule has 0 aliphatic carbocycles. The first-order valence-corrected chi connectivity index (χ1v) is 4.20. The van der Waals surface area contributed by atoms with Gasteiger partial charge in [0.1, 0.15) is 0 Å². The maximum atomic E-state index is 5.36. The summed E-state index contributed by atoms with van der Waals surface area (Å²) in [6, 6.07) is 0. The van der Waals surface area contributed by atoms with E-state index in [1.807, 2.05) is 12.5 Å². The van der Waals surface area contributed by atoms with Crippen molar-refractivity contribution in [2.45, 2.75) is 19.8 Å². The number of nitrogens with zero attached hydrogens (tertiary/aromatic N) is 1. The first-order valence-electron chi connectivity index (χ1n) is 4.20. The van der Waals surface area contributed by atoms with Crippen LogP contribution in [-0.4, -0.2) is 6.21 Å². The normalized spacial score (nSPS) is 14.4. The molecule has 2 rings (SSSR count). The van der Waals surface area contributed by atoms with Crippen molar-refractivity contribution in [3.63, 3.8) is 0 Å². The van der Waals surface area contributed by atoms with E-state index in [2.05, 4.69) is 18.0 Å². The van der Waals surface area contributed by atoms with Crippen LogP contribution in [0.2, 0.25) is 0 Å². The van der Waals surface area contributed by atoms with E-state index in [0.717, 1.165) is 18.3 Å². The molecule has 2 heteroatoms. The second-order valence-corrected chi connectivity index (χ2v) is 2.79. The van der Waals surface area contributed by atoms with Crippen molar-refractivity contribution in [1.82, 2.24) is 0 Å². The maximum Gasteiger partial charge on any atom is 0.152 e. The van der Waals surface area contributed by atoms with Gasteiger partial charge in [0.2, 0.25) is 0 Å². The van der Waals surface area contributed by atoms with Gasteiger partial charge >= 0.3 is 0 Å². The van der Waals surface area contributed by atoms with Crippen LogP contribution in [0.25, 0.3) is 12.3 Å². The Morgan fingerprint density at radius 2 is 2.50 bits per heavy atom. The standard InChI is InChI=1S/C10H11NO/c1-2-8-7-12-10-6-11-5-3-4-9(8)10/h4-7H,2-3H2,1H3. The topological polar surface area (TPSA) is 25.5 Å². The van der Waals surface area contributed by atoms with Gasteiger partial charge in [-0.1, -0.05) is 13.0 Å². The Labute approximate surface area is 70.9 Å². The third kappa shape index (κ3) is 1.09. The minimum atomic E-state index is 0.889. The van der Waals surface area contributed by atoms with Gasteiger partial charge in [0, 0.05) is 17.9 Å². The zero-order valence-electron chi connectivity index (χ0n) is 7.08. The molecule has 0 aromatic carbocycles. The van der Waals surface area contributed by atoms with Gasteiger partial charge in [0.25, 0.3) is 0 Å². The molecule has 1 aliphatic heterocycles. The van der Waals surface area contributed by atoms with E-state index in [1.54, 1.807) is 6.20 Å². The van der Waals surface area contributed by atoms with Crippen molar-refractivity contribution < 1.29 is 4.42 Å². The Morgan fingerprint density at radius 3 is 3.33 bits per heavy atom. The minimum Gasteiger partial charge on any atom is -0.462 e. The van der Waals surface area contributed by atoms with Gasteiger partial charge in [-0.15, -0.1) is 0 Å². The van der Waals surface area contributed by atoms with Crippen LogP contribution in [0.5, 0.6) is 0 Å². The molecule has 12 heavy (non-hydrogen) atoms. The van der Waals surface area contributed by atoms with Crippen LogP contribution >= 0.6 is 0 Å². The third-order valence-electron chi connectivity index (χ3n) is 2.05. The number of rotatable bonds is 1. The molecular weight excluding hydrogens is 150 g/mol. The SMILES string of the molecule is CCc1coc2c1=CCC=NC=2. The summed E-state index contributed by atoms with van der Waals surface area (Å²) in [6.45, 7) is 2.13. The monoisotopic (exact) mass is 161 g/mol. The van der Waals surface area contributed by atoms with E-state index in [9.17, 15) is 0 Å². The van der Waals surface area contributed by atoms with Crippen LogP contribution in [0.4, 0.5) is 0 Å². The predicted octanol–water partition coefficient (Wildman–Crippen LogP) is 0.835. The van der Waals surface area contributed by atoms with Gasteiger partial charge in [-0.25, -0.2) is 0 Å². The number of hydrogen-bond acceptors (Lipinski definition) is 2. The number of aliphatic imine (C=N–C) groups is 1. The second kappa shape index (κ2) is 2.97. The van der Waals surface area contributed by atoms with Crippen molar-refractivity contribution >= 4 is 18.5 Å². The van der Waals surface area contributed by atoms with E-state index < -0.39 is 0 Å². The van der Waals surface area contributed by atoms with Crippen LogP contribution in [0.15, 0.2) is 15.7 Å². The highest BCUT2D eigenvalue weighted by atomic mass is 16.3. The molecule has 0 unspecified atom stereocenters. The van der Waals surface area contributed by atoms with Crippen LogP contribution in [-0.2, 0) is 6.42 Å². The van der Waals surface area contributed by atoms with Crippen molar-refractivity contribution in [2.75, 3.05) is 0 Å². The fraction of sp³-hybridized carbons (Fsp3) is 0.300. The summed E-state index contributed by atoms with van der Waals surface area (Å²) in [6.07, 6.45) is 9.55. The third-order valence-corrected chi connectivity index (χ3v) is 2.05. The number of hydrogen-bond donors (Lipinski definition) is 0. The molecule has 0 atom stereocenters. The van der Waals surface area contributed by atoms with Crippen molar-refractivity contribution in [2.24, 2.45) is 4.99 Å². The summed E-state index contributed by atoms with van der Waals surface area (Å²) in [5, 5.41) is 1.22. The van der Waals surface area contributed by atoms with E-state index in [1.165, 1.54) is 10.8 Å². The van der Waals surface area contributed by atoms with Gasteiger partial charge in [0.15, 0.2) is 5.42 Å². The highest BCUT2D eigenvalue weighted by Crippen LogP contribution is 1.92. The quantitative estimate of drug-likeness (QED) is 0.599. The van der Waals surface area contributed by atoms with E-state index in [-0.39, 0.29) is 0 Å². The fourth-order valence-corrected chi connectivity index (χ4v) is 1.38. The average molecular weight is 161 g/mol. The first kappa shape index (κ1) is 7.35. The Kier molecular flexibility index (Phi) is 1.82. The van der Waals surface area contributed by atoms with Gasteiger partial charge in [0.05, 0.1) is 12.5 Å². The molecule has 1 aliphatic rings. The fourth-order valence-electron chi connectivity index (χ4n) is 1.38. The molecule has 1 aromatic rings. The van der Waals surface area contributed by atoms with E-state index >= 15 is 0 Å². The number of fused-ring (bicyclic) bond motifs is 1. The van der Waals surface area contributed by atoms with Gasteiger partial charge < -0.3 is 4.42 Å². The van der Waals surface area contributed by atoms with Crippen LogP contribution in [0.1, 0.15) is 18.9 Å². The Bertz CT molecular complexity index is 412. The lowest BCUT2D eigenvalue weighted by Gasteiger charge is -1.84. The largest absolute Gasteiger partial charge is 0.462 e. The molecule has 2 nitrogen and oxygen atoms in total. The summed E-state index contributed by atoms with van der Waals surface area (Å²) >= 11 is 0. The lowest BCUT2D eigenvalue weighted by atomic mass is 10.2. The second-order valence-electron chi connectivity index (χ2n) is 2.79. The summed E-state index contributed by atoms with van der Waals surface area (Å²) in [4.78, 5) is 4.08. The predicted molar refractivity (Wildman–Crippen MR) is 49.4 cm³/mol. The summed E-state index contributed by atoms with van der Waals surface area (Å²) < 4.78 is 5.36. The average Bonchev–Trinajstić information content (AvgIpc) is 2.33. The van der Waals surface area contributed by atoms with Crippen molar-refractivity contribution in [3.05, 3.63) is 22.5 Å². The molecule has 2 heterocycles. The van der Waals surface area contributed by atoms with Gasteiger partial charge in [-0.05, 0) is 12.0 Å². The molecule has 1 aromatic heterocycles. The highest BCUT2D eigenvalue weighted by molar-refractivity contribution is 5.69. The maximum absolute atomic E-state index is 5.36. The summed E-state index contributed by atoms with van der Waals surface area (Å²) in [5.74, 6) is 0. The highest BCUT2D eigenvalue weighted by Gasteiger charge is 1.99. The summed E-state index contributed by atoms with van der Waals surface area (Å²) in [5.41, 5.74) is 2.16. The molecular formula is C10H11NO. The van der Waals surface area contributed by atoms with E-state index in [0.29, 0.717) is 0 Å². The van der Waals surface area contributed by atoms with Crippen LogP contribution in [0.3, 0.4) is 0 Å². The Morgan fingerprint density at radius 1 is 1.58 bits per heavy atom. The molecule has 0 amide bonds. The minimum absolute atomic E-state index is 0.889. The van der Waals surface area contributed by atoms with E-state index in [4.69, 9.17) is 4.42 Å². The van der Waals surface area contributed by atoms with Crippen LogP contribution < -0.4 is 10.6 Å². The Hall–Kier alpha value is -1.31. The lowest BCUT2D eigenvalue weighted by molar-refractivity contribution is 0.528. The zero-order chi connectivity index (χ0) is 8.39. The molecule has 0 bridgehead atoms. The molecule has 0 saturated heterocycles. The molecule has 0 spiro atoms. The lowest BCUT2D eigenvalue weighted by Crippen LogP contribution is -2.21. The molecule has 0 saturated carbocycles. The molecule has 0 N–H and O–H groups in total. The first-order chi connectivity index (χ1) is 5.92. The number of furan rings is 1. The summed E-state index contributed by atoms with van der Waals surface area (Å²) in [7, 11) is 0. The smallest absolute Gasteiger partial charge is 0.152 e. The Balaban J connectivity index is 2.72. The van der Waals surface area contributed by atoms with Crippen molar-refractivity contribution in [3.8, 4) is 0 Å². The van der Waals surface area contributed by atoms with Gasteiger partial charge in [-0.3, -0.25) is 4.99 Å². The molecule has 0 radical (unpaired) electrons. The van der Waals surface area contributed by atoms with Crippen molar-refractivity contribution in [1.29, 1.82) is 0 Å². The van der Waals surface area contributed by atoms with Crippen LogP contribution in [0, 0.1) is 0 Å². The molecule has 0 fully saturated rings. The molecule has 62 valence electrons.